The predicted molar refractivity (Wildman–Crippen MR) is 105 cm³/mol. The fourth-order valence-corrected chi connectivity index (χ4v) is 4.12. The Morgan fingerprint density at radius 1 is 1.29 bits per heavy atom. The lowest BCUT2D eigenvalue weighted by Gasteiger charge is -2.18. The number of carbonyl (C=O) groups excluding carboxylic acids is 2. The Bertz CT molecular complexity index is 1060. The quantitative estimate of drug-likeness (QED) is 0.467. The van der Waals surface area contributed by atoms with Gasteiger partial charge in [0.05, 0.1) is 17.1 Å². The fourth-order valence-electron chi connectivity index (χ4n) is 2.46. The Morgan fingerprint density at radius 3 is 3.00 bits per heavy atom. The number of nitrogens with zero attached hydrogens (tertiary/aromatic N) is 2. The highest BCUT2D eigenvalue weighted by atomic mass is 32.2. The van der Waals surface area contributed by atoms with Crippen LogP contribution in [0.25, 0.3) is 0 Å². The first-order valence-corrected chi connectivity index (χ1v) is 9.96. The van der Waals surface area contributed by atoms with Gasteiger partial charge in [-0.1, -0.05) is 35.2 Å². The number of hydrogen-bond acceptors (Lipinski definition) is 8. The van der Waals surface area contributed by atoms with Gasteiger partial charge < -0.3 is 15.4 Å². The van der Waals surface area contributed by atoms with Gasteiger partial charge in [0.2, 0.25) is 5.13 Å². The topological polar surface area (TPSA) is 93.2 Å². The molecule has 0 atom stereocenters. The monoisotopic (exact) mass is 416 g/mol. The van der Waals surface area contributed by atoms with Crippen LogP contribution in [0.5, 0.6) is 5.75 Å². The summed E-state index contributed by atoms with van der Waals surface area (Å²) >= 11 is 2.47. The van der Waals surface area contributed by atoms with Crippen molar-refractivity contribution in [1.82, 2.24) is 10.2 Å². The molecular weight excluding hydrogens is 403 g/mol. The molecule has 0 fully saturated rings. The molecule has 2 N–H and O–H groups in total. The fraction of sp³-hybridized carbons (Fsp3) is 0.111. The molecule has 4 rings (SSSR count). The summed E-state index contributed by atoms with van der Waals surface area (Å²) in [6.07, 6.45) is 0. The number of halogens is 1. The third-order valence-corrected chi connectivity index (χ3v) is 5.76. The second-order valence-corrected chi connectivity index (χ2v) is 7.94. The van der Waals surface area contributed by atoms with Crippen molar-refractivity contribution in [1.29, 1.82) is 0 Å². The number of fused-ring (bicyclic) bond motifs is 1. The predicted octanol–water partition coefficient (Wildman–Crippen LogP) is 3.73. The van der Waals surface area contributed by atoms with Crippen LogP contribution in [-0.2, 0) is 4.79 Å². The van der Waals surface area contributed by atoms with E-state index in [0.717, 1.165) is 0 Å². The number of anilines is 3. The van der Waals surface area contributed by atoms with Gasteiger partial charge in [-0.3, -0.25) is 9.59 Å². The number of ether oxygens (including phenoxy) is 1. The maximum absolute atomic E-state index is 13.7. The first kappa shape index (κ1) is 18.4. The third kappa shape index (κ3) is 4.12. The Kier molecular flexibility index (Phi) is 5.22. The molecule has 3 aromatic rings. The molecule has 1 aliphatic heterocycles. The molecule has 0 saturated carbocycles. The van der Waals surface area contributed by atoms with E-state index in [4.69, 9.17) is 4.74 Å². The summed E-state index contributed by atoms with van der Waals surface area (Å²) in [5.74, 6) is -0.0638. The van der Waals surface area contributed by atoms with Crippen molar-refractivity contribution in [3.8, 4) is 5.75 Å². The Hall–Kier alpha value is -2.98. The summed E-state index contributed by atoms with van der Waals surface area (Å²) in [6, 6.07) is 11.2. The van der Waals surface area contributed by atoms with E-state index in [9.17, 15) is 14.0 Å². The Morgan fingerprint density at radius 2 is 2.14 bits per heavy atom. The first-order valence-electron chi connectivity index (χ1n) is 8.16. The van der Waals surface area contributed by atoms with Crippen molar-refractivity contribution >= 4 is 51.3 Å². The zero-order chi connectivity index (χ0) is 19.5. The van der Waals surface area contributed by atoms with Gasteiger partial charge in [0.25, 0.3) is 5.91 Å². The summed E-state index contributed by atoms with van der Waals surface area (Å²) < 4.78 is 19.5. The molecule has 2 heterocycles. The van der Waals surface area contributed by atoms with Crippen LogP contribution in [0.4, 0.5) is 20.9 Å². The zero-order valence-corrected chi connectivity index (χ0v) is 15.9. The molecule has 142 valence electrons. The van der Waals surface area contributed by atoms with Crippen LogP contribution in [0.2, 0.25) is 0 Å². The van der Waals surface area contributed by atoms with Gasteiger partial charge in [-0.25, -0.2) is 4.39 Å². The minimum absolute atomic E-state index is 0.0313. The number of thioether (sulfide) groups is 1. The Labute approximate surface area is 167 Å². The van der Waals surface area contributed by atoms with Crippen LogP contribution < -0.4 is 15.4 Å². The van der Waals surface area contributed by atoms with Crippen LogP contribution in [0.3, 0.4) is 0 Å². The molecule has 0 radical (unpaired) electrons. The minimum atomic E-state index is -0.384. The summed E-state index contributed by atoms with van der Waals surface area (Å²) in [7, 11) is 0. The molecule has 2 aromatic carbocycles. The van der Waals surface area contributed by atoms with E-state index in [2.05, 4.69) is 20.8 Å². The number of carbonyl (C=O) groups is 2. The summed E-state index contributed by atoms with van der Waals surface area (Å²) in [5.41, 5.74) is 1.26. The van der Waals surface area contributed by atoms with Crippen molar-refractivity contribution in [2.45, 2.75) is 4.34 Å². The minimum Gasteiger partial charge on any atom is -0.482 e. The maximum Gasteiger partial charge on any atom is 0.262 e. The smallest absolute Gasteiger partial charge is 0.262 e. The number of ketones is 1. The SMILES string of the molecule is O=C1COc2ccc(C(=O)CSc3nnc(Nc4ccccc4F)s3)cc2N1. The van der Waals surface area contributed by atoms with Gasteiger partial charge in [0.15, 0.2) is 16.7 Å². The Balaban J connectivity index is 1.38. The van der Waals surface area contributed by atoms with Gasteiger partial charge >= 0.3 is 0 Å². The standard InChI is InChI=1S/C18H13FN4O3S2/c19-11-3-1-2-4-12(11)21-17-22-23-18(28-17)27-9-14(24)10-5-6-15-13(7-10)20-16(25)8-26-15/h1-7H,8-9H2,(H,20,25)(H,21,22). The van der Waals surface area contributed by atoms with E-state index in [1.807, 2.05) is 0 Å². The molecule has 1 amide bonds. The molecule has 0 unspecified atom stereocenters. The summed E-state index contributed by atoms with van der Waals surface area (Å²) in [5, 5.41) is 14.0. The van der Waals surface area contributed by atoms with E-state index < -0.39 is 0 Å². The average molecular weight is 416 g/mol. The second-order valence-electron chi connectivity index (χ2n) is 5.74. The molecule has 0 spiro atoms. The zero-order valence-electron chi connectivity index (χ0n) is 14.3. The molecule has 0 saturated heterocycles. The van der Waals surface area contributed by atoms with Crippen molar-refractivity contribution in [3.05, 3.63) is 53.8 Å². The van der Waals surface area contributed by atoms with E-state index in [1.165, 1.54) is 29.2 Å². The van der Waals surface area contributed by atoms with Gasteiger partial charge in [0, 0.05) is 5.56 Å². The number of hydrogen-bond donors (Lipinski definition) is 2. The largest absolute Gasteiger partial charge is 0.482 e. The lowest BCUT2D eigenvalue weighted by molar-refractivity contribution is -0.118. The molecule has 7 nitrogen and oxygen atoms in total. The highest BCUT2D eigenvalue weighted by molar-refractivity contribution is 8.01. The summed E-state index contributed by atoms with van der Waals surface area (Å²) in [4.78, 5) is 23.8. The van der Waals surface area contributed by atoms with Crippen LogP contribution in [0.1, 0.15) is 10.4 Å². The van der Waals surface area contributed by atoms with Crippen molar-refractivity contribution in [3.63, 3.8) is 0 Å². The second kappa shape index (κ2) is 7.95. The summed E-state index contributed by atoms with van der Waals surface area (Å²) in [6.45, 7) is -0.0313. The molecule has 1 aromatic heterocycles. The molecule has 0 bridgehead atoms. The van der Waals surface area contributed by atoms with Crippen molar-refractivity contribution < 1.29 is 18.7 Å². The van der Waals surface area contributed by atoms with Gasteiger partial charge in [-0.2, -0.15) is 0 Å². The average Bonchev–Trinajstić information content (AvgIpc) is 3.14. The van der Waals surface area contributed by atoms with E-state index in [1.54, 1.807) is 36.4 Å². The highest BCUT2D eigenvalue weighted by Gasteiger charge is 2.18. The molecule has 10 heteroatoms. The van der Waals surface area contributed by atoms with Crippen molar-refractivity contribution in [2.24, 2.45) is 0 Å². The van der Waals surface area contributed by atoms with E-state index >= 15 is 0 Å². The third-order valence-electron chi connectivity index (χ3n) is 3.78. The van der Waals surface area contributed by atoms with Crippen LogP contribution in [0, 0.1) is 5.82 Å². The van der Waals surface area contributed by atoms with Crippen LogP contribution in [0.15, 0.2) is 46.8 Å². The number of rotatable bonds is 6. The van der Waals surface area contributed by atoms with Crippen LogP contribution in [-0.4, -0.2) is 34.2 Å². The number of amides is 1. The first-order chi connectivity index (χ1) is 13.6. The lowest BCUT2D eigenvalue weighted by atomic mass is 10.1. The van der Waals surface area contributed by atoms with Crippen molar-refractivity contribution in [2.75, 3.05) is 23.0 Å². The highest BCUT2D eigenvalue weighted by Crippen LogP contribution is 2.31. The molecular formula is C18H13FN4O3S2. The van der Waals surface area contributed by atoms with E-state index in [0.29, 0.717) is 32.2 Å². The number of nitrogens with one attached hydrogen (secondary N) is 2. The van der Waals surface area contributed by atoms with Crippen LogP contribution >= 0.6 is 23.1 Å². The molecule has 28 heavy (non-hydrogen) atoms. The maximum atomic E-state index is 13.7. The number of aromatic nitrogens is 2. The molecule has 1 aliphatic rings. The normalized spacial score (nSPS) is 12.7. The van der Waals surface area contributed by atoms with Gasteiger partial charge in [-0.15, -0.1) is 10.2 Å². The van der Waals surface area contributed by atoms with Gasteiger partial charge in [0.1, 0.15) is 11.6 Å². The lowest BCUT2D eigenvalue weighted by Crippen LogP contribution is -2.25. The van der Waals surface area contributed by atoms with E-state index in [-0.39, 0.29) is 29.9 Å². The van der Waals surface area contributed by atoms with Gasteiger partial charge in [-0.05, 0) is 30.3 Å². The number of Topliss-reactive ketones (excluding diaryl/α,β-unsaturated/α-hetero) is 1. The number of para-hydroxylation sites is 1. The molecule has 0 aliphatic carbocycles. The number of benzene rings is 2.